The van der Waals surface area contributed by atoms with Gasteiger partial charge in [-0.15, -0.1) is 0 Å². The molecule has 0 saturated heterocycles. The van der Waals surface area contributed by atoms with E-state index in [0.717, 1.165) is 19.3 Å². The lowest BCUT2D eigenvalue weighted by atomic mass is 9.76. The summed E-state index contributed by atoms with van der Waals surface area (Å²) in [5.74, 6) is 1.07. The second-order valence-corrected chi connectivity index (χ2v) is 5.20. The van der Waals surface area contributed by atoms with E-state index in [9.17, 15) is 4.79 Å². The molecule has 0 unspecified atom stereocenters. The highest BCUT2D eigenvalue weighted by Crippen LogP contribution is 2.44. The Balaban J connectivity index is 2.68. The first-order valence-electron chi connectivity index (χ1n) is 5.20. The Kier molecular flexibility index (Phi) is 3.96. The van der Waals surface area contributed by atoms with Crippen molar-refractivity contribution in [2.45, 2.75) is 46.0 Å². The molecule has 1 aliphatic carbocycles. The summed E-state index contributed by atoms with van der Waals surface area (Å²) in [6, 6.07) is 0. The Morgan fingerprint density at radius 1 is 1.38 bits per heavy atom. The molecule has 1 rings (SSSR count). The molecule has 0 aromatic heterocycles. The van der Waals surface area contributed by atoms with Gasteiger partial charge in [0.1, 0.15) is 5.78 Å². The van der Waals surface area contributed by atoms with E-state index in [4.69, 9.17) is 0 Å². The third-order valence-electron chi connectivity index (χ3n) is 3.07. The van der Waals surface area contributed by atoms with Crippen molar-refractivity contribution in [2.24, 2.45) is 11.3 Å². The first kappa shape index (κ1) is 11.2. The van der Waals surface area contributed by atoms with Gasteiger partial charge in [0.2, 0.25) is 0 Å². The topological polar surface area (TPSA) is 17.1 Å². The molecule has 0 spiro atoms. The highest BCUT2D eigenvalue weighted by Gasteiger charge is 2.39. The highest BCUT2D eigenvalue weighted by molar-refractivity contribution is 9.09. The van der Waals surface area contributed by atoms with Gasteiger partial charge in [-0.1, -0.05) is 42.6 Å². The first-order valence-corrected chi connectivity index (χ1v) is 6.32. The van der Waals surface area contributed by atoms with Gasteiger partial charge in [-0.05, 0) is 25.2 Å². The molecule has 0 bridgehead atoms. The highest BCUT2D eigenvalue weighted by atomic mass is 79.9. The Morgan fingerprint density at radius 3 is 2.31 bits per heavy atom. The minimum absolute atomic E-state index is 0.0394. The van der Waals surface area contributed by atoms with E-state index in [1.54, 1.807) is 0 Å². The number of carbonyl (C=O) groups excluding carboxylic acids is 1. The lowest BCUT2D eigenvalue weighted by Gasteiger charge is -2.28. The number of hydrogen-bond acceptors (Lipinski definition) is 1. The summed E-state index contributed by atoms with van der Waals surface area (Å²) in [7, 11) is 0. The van der Waals surface area contributed by atoms with Crippen LogP contribution in [0, 0.1) is 11.3 Å². The van der Waals surface area contributed by atoms with Gasteiger partial charge in [0.15, 0.2) is 0 Å². The van der Waals surface area contributed by atoms with Crippen LogP contribution in [0.2, 0.25) is 0 Å². The molecular weight excluding hydrogens is 228 g/mol. The average Bonchev–Trinajstić information content (AvgIpc) is 2.51. The third-order valence-corrected chi connectivity index (χ3v) is 3.58. The van der Waals surface area contributed by atoms with Gasteiger partial charge in [0.05, 0.1) is 5.33 Å². The molecule has 0 radical (unpaired) electrons. The van der Waals surface area contributed by atoms with Crippen molar-refractivity contribution in [3.8, 4) is 0 Å². The van der Waals surface area contributed by atoms with Crippen LogP contribution >= 0.6 is 15.9 Å². The number of hydrogen-bond donors (Lipinski definition) is 0. The molecular formula is C11H19BrO. The van der Waals surface area contributed by atoms with Gasteiger partial charge < -0.3 is 0 Å². The molecule has 0 N–H and O–H groups in total. The molecule has 0 amide bonds. The summed E-state index contributed by atoms with van der Waals surface area (Å²) < 4.78 is 0. The van der Waals surface area contributed by atoms with Crippen molar-refractivity contribution in [1.82, 2.24) is 0 Å². The summed E-state index contributed by atoms with van der Waals surface area (Å²) in [6.45, 7) is 4.42. The second-order valence-electron chi connectivity index (χ2n) is 4.64. The van der Waals surface area contributed by atoms with Crippen LogP contribution in [0.4, 0.5) is 0 Å². The van der Waals surface area contributed by atoms with E-state index >= 15 is 0 Å². The van der Waals surface area contributed by atoms with Crippen LogP contribution in [0.3, 0.4) is 0 Å². The molecule has 1 fully saturated rings. The minimum atomic E-state index is 0.0394. The Morgan fingerprint density at radius 2 is 1.92 bits per heavy atom. The standard InChI is InChI=1S/C11H19BrO/c1-9(2)7-11(10(13)8-12)5-3-4-6-11/h9H,3-8H2,1-2H3. The van der Waals surface area contributed by atoms with E-state index in [2.05, 4.69) is 29.8 Å². The predicted molar refractivity (Wildman–Crippen MR) is 59.2 cm³/mol. The monoisotopic (exact) mass is 246 g/mol. The number of rotatable bonds is 4. The number of halogens is 1. The van der Waals surface area contributed by atoms with E-state index in [-0.39, 0.29) is 5.41 Å². The number of carbonyl (C=O) groups is 1. The first-order chi connectivity index (χ1) is 6.10. The zero-order chi connectivity index (χ0) is 9.90. The van der Waals surface area contributed by atoms with Crippen molar-refractivity contribution in [2.75, 3.05) is 5.33 Å². The van der Waals surface area contributed by atoms with Gasteiger partial charge in [-0.25, -0.2) is 0 Å². The van der Waals surface area contributed by atoms with Crippen LogP contribution in [0.1, 0.15) is 46.0 Å². The SMILES string of the molecule is CC(C)CC1(C(=O)CBr)CCCC1. The summed E-state index contributed by atoms with van der Waals surface area (Å²) in [6.07, 6.45) is 5.81. The van der Waals surface area contributed by atoms with Crippen molar-refractivity contribution in [1.29, 1.82) is 0 Å². The lowest BCUT2D eigenvalue weighted by molar-refractivity contribution is -0.126. The molecule has 1 saturated carbocycles. The average molecular weight is 247 g/mol. The van der Waals surface area contributed by atoms with Crippen LogP contribution in [0.15, 0.2) is 0 Å². The largest absolute Gasteiger partial charge is 0.298 e. The molecule has 1 nitrogen and oxygen atoms in total. The zero-order valence-corrected chi connectivity index (χ0v) is 10.2. The number of alkyl halides is 1. The summed E-state index contributed by atoms with van der Waals surface area (Å²) >= 11 is 3.30. The number of Topliss-reactive ketones (excluding diaryl/α,β-unsaturated/α-hetero) is 1. The molecule has 0 aliphatic heterocycles. The van der Waals surface area contributed by atoms with Crippen LogP contribution in [0.5, 0.6) is 0 Å². The molecule has 0 aromatic rings. The Hall–Kier alpha value is 0.150. The van der Waals surface area contributed by atoms with Gasteiger partial charge in [-0.3, -0.25) is 4.79 Å². The summed E-state index contributed by atoms with van der Waals surface area (Å²) in [5.41, 5.74) is 0.0394. The zero-order valence-electron chi connectivity index (χ0n) is 8.61. The molecule has 13 heavy (non-hydrogen) atoms. The quantitative estimate of drug-likeness (QED) is 0.694. The molecule has 1 aliphatic rings. The molecule has 0 atom stereocenters. The van der Waals surface area contributed by atoms with Crippen molar-refractivity contribution < 1.29 is 4.79 Å². The fourth-order valence-electron chi connectivity index (χ4n) is 2.57. The second kappa shape index (κ2) is 4.59. The van der Waals surface area contributed by atoms with Gasteiger partial charge in [0, 0.05) is 5.41 Å². The Labute approximate surface area is 89.4 Å². The maximum absolute atomic E-state index is 11.8. The van der Waals surface area contributed by atoms with Gasteiger partial charge >= 0.3 is 0 Å². The van der Waals surface area contributed by atoms with Gasteiger partial charge in [0.25, 0.3) is 0 Å². The van der Waals surface area contributed by atoms with E-state index < -0.39 is 0 Å². The molecule has 76 valence electrons. The predicted octanol–water partition coefficient (Wildman–Crippen LogP) is 3.56. The van der Waals surface area contributed by atoms with Crippen LogP contribution in [-0.4, -0.2) is 11.1 Å². The maximum atomic E-state index is 11.8. The van der Waals surface area contributed by atoms with Crippen molar-refractivity contribution in [3.05, 3.63) is 0 Å². The van der Waals surface area contributed by atoms with Crippen LogP contribution in [0.25, 0.3) is 0 Å². The lowest BCUT2D eigenvalue weighted by Crippen LogP contribution is -2.30. The molecule has 2 heteroatoms. The van der Waals surface area contributed by atoms with Crippen molar-refractivity contribution in [3.63, 3.8) is 0 Å². The maximum Gasteiger partial charge on any atom is 0.149 e. The third kappa shape index (κ3) is 2.55. The Bertz CT molecular complexity index is 181. The minimum Gasteiger partial charge on any atom is -0.298 e. The summed E-state index contributed by atoms with van der Waals surface area (Å²) in [4.78, 5) is 11.8. The van der Waals surface area contributed by atoms with Gasteiger partial charge in [-0.2, -0.15) is 0 Å². The van der Waals surface area contributed by atoms with E-state index in [1.807, 2.05) is 0 Å². The molecule has 0 aromatic carbocycles. The van der Waals surface area contributed by atoms with Crippen LogP contribution in [-0.2, 0) is 4.79 Å². The number of ketones is 1. The molecule has 0 heterocycles. The summed E-state index contributed by atoms with van der Waals surface area (Å²) in [5, 5.41) is 0.541. The normalized spacial score (nSPS) is 20.9. The van der Waals surface area contributed by atoms with E-state index in [0.29, 0.717) is 17.0 Å². The van der Waals surface area contributed by atoms with E-state index in [1.165, 1.54) is 12.8 Å². The van der Waals surface area contributed by atoms with Crippen LogP contribution < -0.4 is 0 Å². The van der Waals surface area contributed by atoms with Crippen molar-refractivity contribution >= 4 is 21.7 Å². The fourth-order valence-corrected chi connectivity index (χ4v) is 3.17. The fraction of sp³-hybridized carbons (Fsp3) is 0.909. The smallest absolute Gasteiger partial charge is 0.149 e.